The summed E-state index contributed by atoms with van der Waals surface area (Å²) in [6.45, 7) is 1.88. The topological polar surface area (TPSA) is 110 Å². The second-order valence-corrected chi connectivity index (χ2v) is 5.14. The molecule has 4 atom stereocenters. The van der Waals surface area contributed by atoms with Crippen LogP contribution in [-0.2, 0) is 4.74 Å². The number of aliphatic hydroxyl groups excluding tert-OH is 5. The summed E-state index contributed by atoms with van der Waals surface area (Å²) in [7, 11) is 0. The van der Waals surface area contributed by atoms with Crippen LogP contribution < -0.4 is 0 Å². The number of hydrogen-bond donors (Lipinski definition) is 5. The quantitative estimate of drug-likeness (QED) is 0.301. The first kappa shape index (κ1) is 19.8. The standard InChI is InChI=1S/C14H30O6/c1-2-3-4-5-6-7-8-20-10-12(17)14(19)13(18)11(16)9-15/h11-19H,2-10H2,1H3. The Labute approximate surface area is 121 Å². The van der Waals surface area contributed by atoms with Gasteiger partial charge in [-0.15, -0.1) is 0 Å². The van der Waals surface area contributed by atoms with Crippen molar-refractivity contribution >= 4 is 0 Å². The Balaban J connectivity index is 3.59. The van der Waals surface area contributed by atoms with E-state index in [1.54, 1.807) is 0 Å². The van der Waals surface area contributed by atoms with E-state index in [0.717, 1.165) is 12.8 Å². The highest BCUT2D eigenvalue weighted by molar-refractivity contribution is 4.80. The smallest absolute Gasteiger partial charge is 0.111 e. The summed E-state index contributed by atoms with van der Waals surface area (Å²) in [6, 6.07) is 0. The average molecular weight is 294 g/mol. The molecule has 0 amide bonds. The van der Waals surface area contributed by atoms with Crippen LogP contribution in [0.25, 0.3) is 0 Å². The molecule has 0 aromatic rings. The third-order valence-electron chi connectivity index (χ3n) is 3.26. The maximum atomic E-state index is 9.58. The first-order valence-electron chi connectivity index (χ1n) is 7.45. The molecule has 0 aliphatic heterocycles. The van der Waals surface area contributed by atoms with Gasteiger partial charge in [0.25, 0.3) is 0 Å². The summed E-state index contributed by atoms with van der Waals surface area (Å²) in [5.74, 6) is 0. The third-order valence-corrected chi connectivity index (χ3v) is 3.26. The fourth-order valence-electron chi connectivity index (χ4n) is 1.85. The number of ether oxygens (including phenoxy) is 1. The third kappa shape index (κ3) is 8.84. The molecule has 0 aliphatic rings. The van der Waals surface area contributed by atoms with Crippen LogP contribution in [0.4, 0.5) is 0 Å². The lowest BCUT2D eigenvalue weighted by Gasteiger charge is -2.25. The summed E-state index contributed by atoms with van der Waals surface area (Å²) in [6.07, 6.45) is 0.935. The van der Waals surface area contributed by atoms with Crippen LogP contribution in [0.5, 0.6) is 0 Å². The Morgan fingerprint density at radius 2 is 1.35 bits per heavy atom. The van der Waals surface area contributed by atoms with Gasteiger partial charge in [-0.2, -0.15) is 0 Å². The molecule has 0 aromatic carbocycles. The van der Waals surface area contributed by atoms with Crippen molar-refractivity contribution < 1.29 is 30.3 Å². The van der Waals surface area contributed by atoms with Gasteiger partial charge in [0.15, 0.2) is 0 Å². The van der Waals surface area contributed by atoms with Gasteiger partial charge < -0.3 is 30.3 Å². The number of aliphatic hydroxyl groups is 5. The molecule has 0 heterocycles. The molecular weight excluding hydrogens is 264 g/mol. The Morgan fingerprint density at radius 1 is 0.800 bits per heavy atom. The number of unbranched alkanes of at least 4 members (excludes halogenated alkanes) is 5. The van der Waals surface area contributed by atoms with Crippen LogP contribution in [0.15, 0.2) is 0 Å². The van der Waals surface area contributed by atoms with E-state index in [1.807, 2.05) is 0 Å². The zero-order valence-corrected chi connectivity index (χ0v) is 12.3. The molecule has 0 saturated carbocycles. The van der Waals surface area contributed by atoms with Gasteiger partial charge in [-0.05, 0) is 6.42 Å². The van der Waals surface area contributed by atoms with Gasteiger partial charge in [-0.3, -0.25) is 0 Å². The zero-order valence-electron chi connectivity index (χ0n) is 12.3. The molecule has 5 N–H and O–H groups in total. The van der Waals surface area contributed by atoms with Crippen molar-refractivity contribution in [1.29, 1.82) is 0 Å². The van der Waals surface area contributed by atoms with Gasteiger partial charge >= 0.3 is 0 Å². The monoisotopic (exact) mass is 294 g/mol. The van der Waals surface area contributed by atoms with E-state index in [0.29, 0.717) is 6.61 Å². The molecule has 0 saturated heterocycles. The molecule has 6 heteroatoms. The van der Waals surface area contributed by atoms with Crippen molar-refractivity contribution in [3.05, 3.63) is 0 Å². The van der Waals surface area contributed by atoms with Crippen molar-refractivity contribution in [2.24, 2.45) is 0 Å². The van der Waals surface area contributed by atoms with Gasteiger partial charge in [0, 0.05) is 6.61 Å². The van der Waals surface area contributed by atoms with Crippen molar-refractivity contribution in [3.8, 4) is 0 Å². The molecule has 0 spiro atoms. The van der Waals surface area contributed by atoms with Crippen LogP contribution in [0.1, 0.15) is 45.4 Å². The lowest BCUT2D eigenvalue weighted by Crippen LogP contribution is -2.47. The fraction of sp³-hybridized carbons (Fsp3) is 1.00. The minimum absolute atomic E-state index is 0.106. The summed E-state index contributed by atoms with van der Waals surface area (Å²) in [5, 5.41) is 46.3. The molecular formula is C14H30O6. The molecule has 0 radical (unpaired) electrons. The maximum Gasteiger partial charge on any atom is 0.111 e. The molecule has 0 rings (SSSR count). The van der Waals surface area contributed by atoms with Crippen LogP contribution in [0, 0.1) is 0 Å². The summed E-state index contributed by atoms with van der Waals surface area (Å²) < 4.78 is 5.22. The first-order chi connectivity index (χ1) is 9.54. The van der Waals surface area contributed by atoms with Crippen molar-refractivity contribution in [3.63, 3.8) is 0 Å². The highest BCUT2D eigenvalue weighted by Gasteiger charge is 2.29. The minimum atomic E-state index is -1.59. The Bertz CT molecular complexity index is 214. The van der Waals surface area contributed by atoms with Crippen LogP contribution >= 0.6 is 0 Å². The van der Waals surface area contributed by atoms with Gasteiger partial charge in [0.05, 0.1) is 13.2 Å². The Hall–Kier alpha value is -0.240. The predicted molar refractivity (Wildman–Crippen MR) is 75.3 cm³/mol. The van der Waals surface area contributed by atoms with Crippen molar-refractivity contribution in [1.82, 2.24) is 0 Å². The van der Waals surface area contributed by atoms with Crippen molar-refractivity contribution in [2.75, 3.05) is 19.8 Å². The van der Waals surface area contributed by atoms with E-state index >= 15 is 0 Å². The second kappa shape index (κ2) is 12.5. The van der Waals surface area contributed by atoms with Crippen LogP contribution in [0.2, 0.25) is 0 Å². The van der Waals surface area contributed by atoms with E-state index in [4.69, 9.17) is 14.9 Å². The lowest BCUT2D eigenvalue weighted by molar-refractivity contribution is -0.129. The Morgan fingerprint density at radius 3 is 1.95 bits per heavy atom. The summed E-state index contributed by atoms with van der Waals surface area (Å²) in [4.78, 5) is 0. The zero-order chi connectivity index (χ0) is 15.4. The normalized spacial score (nSPS) is 17.7. The van der Waals surface area contributed by atoms with Crippen molar-refractivity contribution in [2.45, 2.75) is 69.9 Å². The molecule has 20 heavy (non-hydrogen) atoms. The van der Waals surface area contributed by atoms with E-state index in [-0.39, 0.29) is 6.61 Å². The average Bonchev–Trinajstić information content (AvgIpc) is 2.47. The van der Waals surface area contributed by atoms with E-state index < -0.39 is 31.0 Å². The van der Waals surface area contributed by atoms with E-state index in [2.05, 4.69) is 6.92 Å². The number of hydrogen-bond acceptors (Lipinski definition) is 6. The van der Waals surface area contributed by atoms with E-state index in [1.165, 1.54) is 25.7 Å². The largest absolute Gasteiger partial charge is 0.394 e. The van der Waals surface area contributed by atoms with E-state index in [9.17, 15) is 15.3 Å². The summed E-state index contributed by atoms with van der Waals surface area (Å²) in [5.41, 5.74) is 0. The fourth-order valence-corrected chi connectivity index (χ4v) is 1.85. The van der Waals surface area contributed by atoms with Gasteiger partial charge in [-0.1, -0.05) is 39.0 Å². The molecule has 122 valence electrons. The first-order valence-corrected chi connectivity index (χ1v) is 7.45. The Kier molecular flexibility index (Phi) is 12.3. The highest BCUT2D eigenvalue weighted by Crippen LogP contribution is 2.07. The van der Waals surface area contributed by atoms with Gasteiger partial charge in [-0.25, -0.2) is 0 Å². The number of rotatable bonds is 13. The molecule has 0 aliphatic carbocycles. The van der Waals surface area contributed by atoms with Crippen LogP contribution in [0.3, 0.4) is 0 Å². The lowest BCUT2D eigenvalue weighted by atomic mass is 10.0. The minimum Gasteiger partial charge on any atom is -0.394 e. The molecule has 0 fully saturated rings. The van der Waals surface area contributed by atoms with Gasteiger partial charge in [0.1, 0.15) is 24.4 Å². The second-order valence-electron chi connectivity index (χ2n) is 5.14. The SMILES string of the molecule is CCCCCCCCOCC(O)C(O)C(O)C(O)CO. The molecule has 0 bridgehead atoms. The van der Waals surface area contributed by atoms with Gasteiger partial charge in [0.2, 0.25) is 0 Å². The molecule has 6 nitrogen and oxygen atoms in total. The summed E-state index contributed by atoms with van der Waals surface area (Å²) >= 11 is 0. The highest BCUT2D eigenvalue weighted by atomic mass is 16.5. The molecule has 0 aromatic heterocycles. The predicted octanol–water partition coefficient (Wildman–Crippen LogP) is -0.201. The molecule has 4 unspecified atom stereocenters. The maximum absolute atomic E-state index is 9.58. The van der Waals surface area contributed by atoms with Crippen LogP contribution in [-0.4, -0.2) is 69.8 Å².